The summed E-state index contributed by atoms with van der Waals surface area (Å²) in [6, 6.07) is -0.526. The van der Waals surface area contributed by atoms with E-state index >= 15 is 0 Å². The maximum absolute atomic E-state index is 11.0. The number of carbonyl (C=O) groups is 1. The van der Waals surface area contributed by atoms with Crippen molar-refractivity contribution in [1.82, 2.24) is 10.6 Å². The quantitative estimate of drug-likeness (QED) is 0.402. The molecule has 0 saturated heterocycles. The van der Waals surface area contributed by atoms with E-state index < -0.39 is 6.04 Å². The summed E-state index contributed by atoms with van der Waals surface area (Å²) in [6.07, 6.45) is 0. The van der Waals surface area contributed by atoms with E-state index in [1.807, 2.05) is 0 Å². The molecular weight excluding hydrogens is 158 g/mol. The van der Waals surface area contributed by atoms with Crippen LogP contribution in [0.2, 0.25) is 0 Å². The van der Waals surface area contributed by atoms with Crippen LogP contribution in [0.5, 0.6) is 0 Å². The summed E-state index contributed by atoms with van der Waals surface area (Å²) < 4.78 is 0. The van der Waals surface area contributed by atoms with Crippen LogP contribution in [0.4, 0.5) is 0 Å². The second kappa shape index (κ2) is 8.45. The lowest BCUT2D eigenvalue weighted by Gasteiger charge is -2.11. The summed E-state index contributed by atoms with van der Waals surface area (Å²) in [7, 11) is 1.61. The topological polar surface area (TPSA) is 87.4 Å². The molecule has 1 amide bonds. The summed E-state index contributed by atoms with van der Waals surface area (Å²) in [5.41, 5.74) is 5.16. The fourth-order valence-electron chi connectivity index (χ4n) is 0.624. The van der Waals surface area contributed by atoms with Gasteiger partial charge in [0, 0.05) is 13.1 Å². The zero-order valence-electron chi connectivity index (χ0n) is 6.63. The maximum atomic E-state index is 11.0. The SMILES string of the molecule is C.CN[C@@H](CO)C(=O)NCCN. The first-order valence-corrected chi connectivity index (χ1v) is 3.52. The van der Waals surface area contributed by atoms with Crippen molar-refractivity contribution in [3.63, 3.8) is 0 Å². The van der Waals surface area contributed by atoms with E-state index in [2.05, 4.69) is 10.6 Å². The molecule has 12 heavy (non-hydrogen) atoms. The highest BCUT2D eigenvalue weighted by atomic mass is 16.3. The van der Waals surface area contributed by atoms with Crippen molar-refractivity contribution in [3.05, 3.63) is 0 Å². The number of hydrogen-bond donors (Lipinski definition) is 4. The first-order valence-electron chi connectivity index (χ1n) is 3.52. The van der Waals surface area contributed by atoms with Crippen LogP contribution in [0.15, 0.2) is 0 Å². The molecule has 5 heteroatoms. The first kappa shape index (κ1) is 13.9. The van der Waals surface area contributed by atoms with E-state index in [0.717, 1.165) is 0 Å². The smallest absolute Gasteiger partial charge is 0.239 e. The van der Waals surface area contributed by atoms with Gasteiger partial charge < -0.3 is 21.5 Å². The van der Waals surface area contributed by atoms with Crippen LogP contribution in [0.3, 0.4) is 0 Å². The van der Waals surface area contributed by atoms with Gasteiger partial charge in [0.05, 0.1) is 6.61 Å². The zero-order valence-corrected chi connectivity index (χ0v) is 6.63. The van der Waals surface area contributed by atoms with Gasteiger partial charge in [0.2, 0.25) is 5.91 Å². The fourth-order valence-corrected chi connectivity index (χ4v) is 0.624. The number of aliphatic hydroxyl groups excluding tert-OH is 1. The average molecular weight is 177 g/mol. The van der Waals surface area contributed by atoms with Crippen molar-refractivity contribution in [2.45, 2.75) is 13.5 Å². The van der Waals surface area contributed by atoms with E-state index in [4.69, 9.17) is 10.8 Å². The van der Waals surface area contributed by atoms with E-state index in [9.17, 15) is 4.79 Å². The van der Waals surface area contributed by atoms with Gasteiger partial charge in [-0.3, -0.25) is 4.79 Å². The minimum atomic E-state index is -0.526. The monoisotopic (exact) mass is 177 g/mol. The Balaban J connectivity index is 0. The second-order valence-corrected chi connectivity index (χ2v) is 2.10. The molecule has 0 aromatic carbocycles. The highest BCUT2D eigenvalue weighted by Gasteiger charge is 2.12. The number of nitrogens with two attached hydrogens (primary N) is 1. The summed E-state index contributed by atoms with van der Waals surface area (Å²) in [4.78, 5) is 11.0. The second-order valence-electron chi connectivity index (χ2n) is 2.10. The number of carbonyl (C=O) groups excluding carboxylic acids is 1. The third kappa shape index (κ3) is 5.06. The Morgan fingerprint density at radius 1 is 1.67 bits per heavy atom. The standard InChI is InChI=1S/C6H15N3O2.CH4/c1-8-5(4-10)6(11)9-3-2-7;/h5,8,10H,2-4,7H2,1H3,(H,9,11);1H4/t5-;/m0./s1. The predicted molar refractivity (Wildman–Crippen MR) is 48.7 cm³/mol. The number of aliphatic hydroxyl groups is 1. The molecule has 5 N–H and O–H groups in total. The van der Waals surface area contributed by atoms with Crippen molar-refractivity contribution < 1.29 is 9.90 Å². The molecule has 0 aromatic heterocycles. The molecule has 0 aliphatic carbocycles. The molecule has 5 nitrogen and oxygen atoms in total. The van der Waals surface area contributed by atoms with Gasteiger partial charge >= 0.3 is 0 Å². The molecule has 0 unspecified atom stereocenters. The molecule has 1 atom stereocenters. The van der Waals surface area contributed by atoms with Crippen molar-refractivity contribution in [1.29, 1.82) is 0 Å². The molecule has 0 aliphatic heterocycles. The first-order chi connectivity index (χ1) is 5.26. The average Bonchev–Trinajstić information content (AvgIpc) is 2.03. The van der Waals surface area contributed by atoms with Gasteiger partial charge in [-0.2, -0.15) is 0 Å². The summed E-state index contributed by atoms with van der Waals surface area (Å²) >= 11 is 0. The van der Waals surface area contributed by atoms with Gasteiger partial charge in [-0.25, -0.2) is 0 Å². The number of likely N-dealkylation sites (N-methyl/N-ethyl adjacent to an activating group) is 1. The third-order valence-electron chi connectivity index (χ3n) is 1.29. The molecule has 0 bridgehead atoms. The number of hydrogen-bond acceptors (Lipinski definition) is 4. The summed E-state index contributed by atoms with van der Waals surface area (Å²) in [5.74, 6) is -0.222. The molecular formula is C7H19N3O2. The van der Waals surface area contributed by atoms with E-state index in [0.29, 0.717) is 13.1 Å². The molecule has 0 rings (SSSR count). The Kier molecular flexibility index (Phi) is 9.79. The minimum Gasteiger partial charge on any atom is -0.394 e. The molecule has 74 valence electrons. The van der Waals surface area contributed by atoms with Crippen LogP contribution in [-0.4, -0.2) is 43.8 Å². The van der Waals surface area contributed by atoms with Gasteiger partial charge in [-0.05, 0) is 7.05 Å². The minimum absolute atomic E-state index is 0. The molecule has 0 aromatic rings. The molecule has 0 heterocycles. The van der Waals surface area contributed by atoms with Gasteiger partial charge in [0.1, 0.15) is 6.04 Å². The predicted octanol–water partition coefficient (Wildman–Crippen LogP) is -1.72. The summed E-state index contributed by atoms with van der Waals surface area (Å²) in [5, 5.41) is 13.8. The van der Waals surface area contributed by atoms with Crippen LogP contribution in [-0.2, 0) is 4.79 Å². The number of amides is 1. The Morgan fingerprint density at radius 2 is 2.25 bits per heavy atom. The van der Waals surface area contributed by atoms with Crippen LogP contribution in [0, 0.1) is 0 Å². The van der Waals surface area contributed by atoms with Gasteiger partial charge in [-0.1, -0.05) is 7.43 Å². The van der Waals surface area contributed by atoms with Crippen LogP contribution < -0.4 is 16.4 Å². The van der Waals surface area contributed by atoms with Gasteiger partial charge in [0.15, 0.2) is 0 Å². The largest absolute Gasteiger partial charge is 0.394 e. The van der Waals surface area contributed by atoms with E-state index in [1.165, 1.54) is 0 Å². The molecule has 0 spiro atoms. The highest BCUT2D eigenvalue weighted by Crippen LogP contribution is 1.78. The van der Waals surface area contributed by atoms with Crippen molar-refractivity contribution in [2.24, 2.45) is 5.73 Å². The zero-order chi connectivity index (χ0) is 8.69. The highest BCUT2D eigenvalue weighted by molar-refractivity contribution is 5.81. The molecule has 0 aliphatic rings. The Morgan fingerprint density at radius 3 is 2.58 bits per heavy atom. The van der Waals surface area contributed by atoms with Crippen molar-refractivity contribution in [2.75, 3.05) is 26.7 Å². The van der Waals surface area contributed by atoms with Gasteiger partial charge in [-0.15, -0.1) is 0 Å². The molecule has 0 saturated carbocycles. The van der Waals surface area contributed by atoms with E-state index in [1.54, 1.807) is 7.05 Å². The lowest BCUT2D eigenvalue weighted by Crippen LogP contribution is -2.46. The fraction of sp³-hybridized carbons (Fsp3) is 0.857. The Bertz CT molecular complexity index is 115. The van der Waals surface area contributed by atoms with Crippen molar-refractivity contribution in [3.8, 4) is 0 Å². The molecule has 0 fully saturated rings. The normalized spacial score (nSPS) is 11.6. The van der Waals surface area contributed by atoms with Crippen LogP contribution in [0.25, 0.3) is 0 Å². The maximum Gasteiger partial charge on any atom is 0.239 e. The lowest BCUT2D eigenvalue weighted by molar-refractivity contribution is -0.123. The Labute approximate surface area is 73.3 Å². The lowest BCUT2D eigenvalue weighted by atomic mass is 10.3. The number of nitrogens with one attached hydrogen (secondary N) is 2. The summed E-state index contributed by atoms with van der Waals surface area (Å²) in [6.45, 7) is 0.650. The Hall–Kier alpha value is -0.650. The van der Waals surface area contributed by atoms with Crippen LogP contribution in [0.1, 0.15) is 7.43 Å². The number of rotatable bonds is 5. The van der Waals surface area contributed by atoms with Gasteiger partial charge in [0.25, 0.3) is 0 Å². The van der Waals surface area contributed by atoms with Crippen molar-refractivity contribution >= 4 is 5.91 Å². The van der Waals surface area contributed by atoms with Crippen LogP contribution >= 0.6 is 0 Å². The molecule has 0 radical (unpaired) electrons. The van der Waals surface area contributed by atoms with E-state index in [-0.39, 0.29) is 19.9 Å². The third-order valence-corrected chi connectivity index (χ3v) is 1.29.